The van der Waals surface area contributed by atoms with Crippen LogP contribution in [0.1, 0.15) is 64.5 Å². The number of hydrogen-bond acceptors (Lipinski definition) is 4. The number of benzene rings is 1. The molecule has 0 bridgehead atoms. The Morgan fingerprint density at radius 1 is 1.15 bits per heavy atom. The van der Waals surface area contributed by atoms with E-state index in [0.29, 0.717) is 25.3 Å². The first-order chi connectivity index (χ1) is 15.7. The van der Waals surface area contributed by atoms with E-state index in [0.717, 1.165) is 38.1 Å². The number of fused-ring (bicyclic) bond motifs is 1. The Kier molecular flexibility index (Phi) is 10.8. The Morgan fingerprint density at radius 3 is 2.45 bits per heavy atom. The number of hydrogen-bond donors (Lipinski definition) is 3. The van der Waals surface area contributed by atoms with Gasteiger partial charge in [-0.05, 0) is 61.6 Å². The SMILES string of the molecule is CC(C)C.CCC[C@@H](C(=O)NCC(N)=O)N1CC[C@@H](NCC2CCc3ccccc3C2)C1=O. The van der Waals surface area contributed by atoms with Gasteiger partial charge < -0.3 is 21.3 Å². The van der Waals surface area contributed by atoms with Crippen LogP contribution in [0.5, 0.6) is 0 Å². The molecule has 1 unspecified atom stereocenters. The van der Waals surface area contributed by atoms with Crippen molar-refractivity contribution in [3.05, 3.63) is 35.4 Å². The first-order valence-corrected chi connectivity index (χ1v) is 12.4. The minimum atomic E-state index is -0.588. The summed E-state index contributed by atoms with van der Waals surface area (Å²) >= 11 is 0. The predicted molar refractivity (Wildman–Crippen MR) is 131 cm³/mol. The molecule has 1 heterocycles. The Hall–Kier alpha value is -2.41. The van der Waals surface area contributed by atoms with E-state index in [1.807, 2.05) is 6.92 Å². The van der Waals surface area contributed by atoms with Crippen molar-refractivity contribution in [2.75, 3.05) is 19.6 Å². The molecule has 1 saturated heterocycles. The molecule has 1 aliphatic heterocycles. The van der Waals surface area contributed by atoms with Crippen LogP contribution in [0, 0.1) is 11.8 Å². The third-order valence-electron chi connectivity index (χ3n) is 6.02. The number of aryl methyl sites for hydroxylation is 1. The van der Waals surface area contributed by atoms with Gasteiger partial charge >= 0.3 is 0 Å². The first-order valence-electron chi connectivity index (χ1n) is 12.4. The largest absolute Gasteiger partial charge is 0.368 e. The number of rotatable bonds is 9. The first kappa shape index (κ1) is 26.8. The predicted octanol–water partition coefficient (Wildman–Crippen LogP) is 2.41. The van der Waals surface area contributed by atoms with E-state index in [2.05, 4.69) is 55.7 Å². The summed E-state index contributed by atoms with van der Waals surface area (Å²) in [5.41, 5.74) is 7.97. The molecule has 0 radical (unpaired) electrons. The average Bonchev–Trinajstić information content (AvgIpc) is 3.13. The zero-order chi connectivity index (χ0) is 24.4. The van der Waals surface area contributed by atoms with E-state index in [1.165, 1.54) is 11.1 Å². The molecule has 1 aromatic carbocycles. The fourth-order valence-electron chi connectivity index (χ4n) is 4.45. The van der Waals surface area contributed by atoms with Crippen LogP contribution in [-0.4, -0.2) is 54.3 Å². The van der Waals surface area contributed by atoms with Gasteiger partial charge in [0.1, 0.15) is 6.04 Å². The van der Waals surface area contributed by atoms with E-state index in [-0.39, 0.29) is 24.4 Å². The topological polar surface area (TPSA) is 105 Å². The van der Waals surface area contributed by atoms with Crippen LogP contribution in [0.3, 0.4) is 0 Å². The van der Waals surface area contributed by atoms with Gasteiger partial charge in [0.15, 0.2) is 0 Å². The quantitative estimate of drug-likeness (QED) is 0.528. The lowest BCUT2D eigenvalue weighted by molar-refractivity contribution is -0.139. The highest BCUT2D eigenvalue weighted by molar-refractivity contribution is 5.92. The van der Waals surface area contributed by atoms with Gasteiger partial charge in [0.05, 0.1) is 12.6 Å². The monoisotopic (exact) mass is 458 g/mol. The number of nitrogens with one attached hydrogen (secondary N) is 2. The fourth-order valence-corrected chi connectivity index (χ4v) is 4.45. The summed E-state index contributed by atoms with van der Waals surface area (Å²) in [5, 5.41) is 6.00. The van der Waals surface area contributed by atoms with Gasteiger partial charge in [0.25, 0.3) is 0 Å². The molecule has 7 heteroatoms. The molecule has 2 aliphatic rings. The number of carbonyl (C=O) groups is 3. The van der Waals surface area contributed by atoms with Crippen molar-refractivity contribution in [2.45, 2.75) is 78.3 Å². The molecule has 1 aromatic rings. The highest BCUT2D eigenvalue weighted by Gasteiger charge is 2.38. The van der Waals surface area contributed by atoms with E-state index >= 15 is 0 Å². The standard InChI is InChI=1S/C22H32N4O3.C4H10/c1-2-5-19(21(28)25-14-20(23)27)26-11-10-18(22(26)29)24-13-15-8-9-16-6-3-4-7-17(16)12-15;1-4(2)3/h3-4,6-7,15,18-19,24H,2,5,8-14H2,1H3,(H2,23,27)(H,25,28);4H,1-3H3/t15?,18-,19+;/m1./s1. The van der Waals surface area contributed by atoms with Crippen LogP contribution in [-0.2, 0) is 27.2 Å². The lowest BCUT2D eigenvalue weighted by Gasteiger charge is -2.28. The number of nitrogens with zero attached hydrogens (tertiary/aromatic N) is 1. The molecular formula is C26H42N4O3. The van der Waals surface area contributed by atoms with Crippen LogP contribution < -0.4 is 16.4 Å². The molecule has 1 fully saturated rings. The maximum atomic E-state index is 12.9. The lowest BCUT2D eigenvalue weighted by Crippen LogP contribution is -2.51. The highest BCUT2D eigenvalue weighted by Crippen LogP contribution is 2.25. The third kappa shape index (κ3) is 8.46. The van der Waals surface area contributed by atoms with Crippen LogP contribution in [0.25, 0.3) is 0 Å². The van der Waals surface area contributed by atoms with Crippen LogP contribution in [0.4, 0.5) is 0 Å². The summed E-state index contributed by atoms with van der Waals surface area (Å²) in [4.78, 5) is 38.0. The summed E-state index contributed by atoms with van der Waals surface area (Å²) in [5.74, 6) is 0.449. The van der Waals surface area contributed by atoms with Gasteiger partial charge in [-0.15, -0.1) is 0 Å². The van der Waals surface area contributed by atoms with Gasteiger partial charge in [0.2, 0.25) is 17.7 Å². The zero-order valence-corrected chi connectivity index (χ0v) is 20.7. The van der Waals surface area contributed by atoms with E-state index < -0.39 is 11.9 Å². The smallest absolute Gasteiger partial charge is 0.243 e. The summed E-state index contributed by atoms with van der Waals surface area (Å²) in [6.07, 6.45) is 5.31. The normalized spacial score (nSPS) is 20.6. The average molecular weight is 459 g/mol. The van der Waals surface area contributed by atoms with Crippen molar-refractivity contribution < 1.29 is 14.4 Å². The molecule has 0 aromatic heterocycles. The molecular weight excluding hydrogens is 416 g/mol. The molecule has 1 aliphatic carbocycles. The molecule has 0 saturated carbocycles. The second-order valence-corrected chi connectivity index (χ2v) is 9.88. The molecule has 3 rings (SSSR count). The Labute approximate surface area is 198 Å². The number of carbonyl (C=O) groups excluding carboxylic acids is 3. The van der Waals surface area contributed by atoms with Crippen LogP contribution in [0.2, 0.25) is 0 Å². The van der Waals surface area contributed by atoms with Crippen molar-refractivity contribution >= 4 is 17.7 Å². The molecule has 33 heavy (non-hydrogen) atoms. The van der Waals surface area contributed by atoms with E-state index in [9.17, 15) is 14.4 Å². The number of primary amides is 1. The summed E-state index contributed by atoms with van der Waals surface area (Å²) in [7, 11) is 0. The summed E-state index contributed by atoms with van der Waals surface area (Å²) in [6.45, 7) is 9.64. The van der Waals surface area contributed by atoms with Crippen molar-refractivity contribution in [2.24, 2.45) is 17.6 Å². The number of likely N-dealkylation sites (tertiary alicyclic amines) is 1. The summed E-state index contributed by atoms with van der Waals surface area (Å²) < 4.78 is 0. The van der Waals surface area contributed by atoms with Gasteiger partial charge in [-0.25, -0.2) is 0 Å². The molecule has 184 valence electrons. The minimum absolute atomic E-state index is 0.0196. The maximum Gasteiger partial charge on any atom is 0.243 e. The second-order valence-electron chi connectivity index (χ2n) is 9.88. The zero-order valence-electron chi connectivity index (χ0n) is 20.7. The van der Waals surface area contributed by atoms with Crippen LogP contribution >= 0.6 is 0 Å². The van der Waals surface area contributed by atoms with Crippen molar-refractivity contribution in [1.29, 1.82) is 0 Å². The van der Waals surface area contributed by atoms with Crippen molar-refractivity contribution in [3.63, 3.8) is 0 Å². The van der Waals surface area contributed by atoms with Crippen molar-refractivity contribution in [1.82, 2.24) is 15.5 Å². The maximum absolute atomic E-state index is 12.9. The van der Waals surface area contributed by atoms with E-state index in [4.69, 9.17) is 5.73 Å². The Bertz CT molecular complexity index is 793. The molecule has 0 spiro atoms. The van der Waals surface area contributed by atoms with E-state index in [1.54, 1.807) is 4.90 Å². The fraction of sp³-hybridized carbons (Fsp3) is 0.654. The van der Waals surface area contributed by atoms with Crippen molar-refractivity contribution in [3.8, 4) is 0 Å². The molecule has 4 N–H and O–H groups in total. The lowest BCUT2D eigenvalue weighted by atomic mass is 9.84. The third-order valence-corrected chi connectivity index (χ3v) is 6.02. The molecule has 3 amide bonds. The number of nitrogens with two attached hydrogens (primary N) is 1. The second kappa shape index (κ2) is 13.3. The molecule has 3 atom stereocenters. The number of amides is 3. The summed E-state index contributed by atoms with van der Waals surface area (Å²) in [6, 6.07) is 7.80. The van der Waals surface area contributed by atoms with Gasteiger partial charge in [-0.3, -0.25) is 14.4 Å². The Balaban J connectivity index is 0.000000890. The van der Waals surface area contributed by atoms with Crippen LogP contribution in [0.15, 0.2) is 24.3 Å². The van der Waals surface area contributed by atoms with Gasteiger partial charge in [0, 0.05) is 6.54 Å². The Morgan fingerprint density at radius 2 is 1.82 bits per heavy atom. The van der Waals surface area contributed by atoms with Gasteiger partial charge in [-0.1, -0.05) is 58.4 Å². The molecule has 7 nitrogen and oxygen atoms in total. The van der Waals surface area contributed by atoms with Gasteiger partial charge in [-0.2, -0.15) is 0 Å². The highest BCUT2D eigenvalue weighted by atomic mass is 16.2. The minimum Gasteiger partial charge on any atom is -0.368 e.